The molecule has 0 aromatic heterocycles. The lowest BCUT2D eigenvalue weighted by molar-refractivity contribution is -0.134. The molecule has 0 aromatic rings. The second kappa shape index (κ2) is 6.40. The van der Waals surface area contributed by atoms with Crippen LogP contribution in [0.2, 0.25) is 0 Å². The summed E-state index contributed by atoms with van der Waals surface area (Å²) in [5.41, 5.74) is -0.0141. The zero-order valence-corrected chi connectivity index (χ0v) is 9.01. The van der Waals surface area contributed by atoms with Gasteiger partial charge in [0, 0.05) is 17.1 Å². The number of carboxylic acids is 2. The zero-order valence-electron chi connectivity index (χ0n) is 9.01. The lowest BCUT2D eigenvalue weighted by Crippen LogP contribution is -2.09. The van der Waals surface area contributed by atoms with Crippen molar-refractivity contribution in [3.63, 3.8) is 0 Å². The quantitative estimate of drug-likeness (QED) is 0.532. The molecule has 4 heteroatoms. The standard InChI is InChI=1S/C12H14O4/c1-4-5-6-10(9(3)12(15)16)7-8(2)11(13)14/h4-7,10H,1,3H2,2H3,(H,13,14)(H,15,16). The first kappa shape index (κ1) is 13.9. The summed E-state index contributed by atoms with van der Waals surface area (Å²) in [6, 6.07) is 0. The molecule has 0 amide bonds. The Morgan fingerprint density at radius 1 is 1.25 bits per heavy atom. The van der Waals surface area contributed by atoms with Crippen molar-refractivity contribution in [3.8, 4) is 0 Å². The van der Waals surface area contributed by atoms with Gasteiger partial charge in [0.15, 0.2) is 0 Å². The summed E-state index contributed by atoms with van der Waals surface area (Å²) < 4.78 is 0. The van der Waals surface area contributed by atoms with Crippen LogP contribution in [-0.4, -0.2) is 22.2 Å². The summed E-state index contributed by atoms with van der Waals surface area (Å²) in [7, 11) is 0. The molecule has 0 rings (SSSR count). The molecule has 1 unspecified atom stereocenters. The van der Waals surface area contributed by atoms with Crippen LogP contribution >= 0.6 is 0 Å². The minimum atomic E-state index is -1.16. The number of aliphatic carboxylic acids is 2. The van der Waals surface area contributed by atoms with Crippen molar-refractivity contribution in [2.75, 3.05) is 0 Å². The highest BCUT2D eigenvalue weighted by molar-refractivity contribution is 5.89. The van der Waals surface area contributed by atoms with E-state index in [9.17, 15) is 9.59 Å². The Morgan fingerprint density at radius 3 is 2.19 bits per heavy atom. The molecule has 0 spiro atoms. The first-order chi connectivity index (χ1) is 7.40. The van der Waals surface area contributed by atoms with Crippen LogP contribution in [0.15, 0.2) is 48.6 Å². The first-order valence-electron chi connectivity index (χ1n) is 4.53. The predicted octanol–water partition coefficient (Wildman–Crippen LogP) is 2.02. The Kier molecular flexibility index (Phi) is 5.56. The van der Waals surface area contributed by atoms with Gasteiger partial charge in [-0.1, -0.05) is 37.5 Å². The van der Waals surface area contributed by atoms with Crippen molar-refractivity contribution in [2.24, 2.45) is 5.92 Å². The molecule has 16 heavy (non-hydrogen) atoms. The molecule has 86 valence electrons. The number of carbonyl (C=O) groups is 2. The van der Waals surface area contributed by atoms with Crippen LogP contribution in [0.25, 0.3) is 0 Å². The van der Waals surface area contributed by atoms with Crippen LogP contribution in [0.1, 0.15) is 6.92 Å². The minimum absolute atomic E-state index is 0.0705. The van der Waals surface area contributed by atoms with Gasteiger partial charge >= 0.3 is 11.9 Å². The number of allylic oxidation sites excluding steroid dienone is 4. The maximum Gasteiger partial charge on any atom is 0.331 e. The van der Waals surface area contributed by atoms with Crippen molar-refractivity contribution >= 4 is 11.9 Å². The van der Waals surface area contributed by atoms with Gasteiger partial charge in [0.2, 0.25) is 0 Å². The van der Waals surface area contributed by atoms with Gasteiger partial charge in [-0.25, -0.2) is 9.59 Å². The lowest BCUT2D eigenvalue weighted by Gasteiger charge is -2.08. The number of hydrogen-bond acceptors (Lipinski definition) is 2. The van der Waals surface area contributed by atoms with E-state index in [1.54, 1.807) is 6.08 Å². The fourth-order valence-electron chi connectivity index (χ4n) is 0.954. The summed E-state index contributed by atoms with van der Waals surface area (Å²) >= 11 is 0. The molecular weight excluding hydrogens is 208 g/mol. The Labute approximate surface area is 93.9 Å². The fraction of sp³-hybridized carbons (Fsp3) is 0.167. The Morgan fingerprint density at radius 2 is 1.81 bits per heavy atom. The highest BCUT2D eigenvalue weighted by atomic mass is 16.4. The van der Waals surface area contributed by atoms with Crippen molar-refractivity contribution in [1.29, 1.82) is 0 Å². The lowest BCUT2D eigenvalue weighted by atomic mass is 9.97. The number of rotatable bonds is 6. The highest BCUT2D eigenvalue weighted by Crippen LogP contribution is 2.15. The van der Waals surface area contributed by atoms with Crippen LogP contribution in [0.5, 0.6) is 0 Å². The second-order valence-electron chi connectivity index (χ2n) is 3.13. The average Bonchev–Trinajstić information content (AvgIpc) is 2.22. The Balaban J connectivity index is 5.10. The normalized spacial score (nSPS) is 13.4. The molecule has 0 fully saturated rings. The highest BCUT2D eigenvalue weighted by Gasteiger charge is 2.14. The topological polar surface area (TPSA) is 74.6 Å². The molecule has 2 N–H and O–H groups in total. The summed E-state index contributed by atoms with van der Waals surface area (Å²) in [5.74, 6) is -2.89. The van der Waals surface area contributed by atoms with Gasteiger partial charge < -0.3 is 10.2 Å². The predicted molar refractivity (Wildman–Crippen MR) is 61.0 cm³/mol. The summed E-state index contributed by atoms with van der Waals surface area (Å²) in [6.07, 6.45) is 5.88. The van der Waals surface area contributed by atoms with E-state index < -0.39 is 17.9 Å². The van der Waals surface area contributed by atoms with Gasteiger partial charge in [-0.2, -0.15) is 0 Å². The third-order valence-corrected chi connectivity index (χ3v) is 1.90. The average molecular weight is 222 g/mol. The van der Waals surface area contributed by atoms with Crippen molar-refractivity contribution in [1.82, 2.24) is 0 Å². The van der Waals surface area contributed by atoms with Gasteiger partial charge in [0.05, 0.1) is 0 Å². The van der Waals surface area contributed by atoms with E-state index in [0.717, 1.165) is 0 Å². The largest absolute Gasteiger partial charge is 0.478 e. The van der Waals surface area contributed by atoms with Crippen LogP contribution < -0.4 is 0 Å². The van der Waals surface area contributed by atoms with E-state index in [1.807, 2.05) is 0 Å². The smallest absolute Gasteiger partial charge is 0.331 e. The number of hydrogen-bond donors (Lipinski definition) is 2. The first-order valence-corrected chi connectivity index (χ1v) is 4.53. The maximum absolute atomic E-state index is 10.7. The van der Waals surface area contributed by atoms with Gasteiger partial charge in [0.25, 0.3) is 0 Å². The third kappa shape index (κ3) is 4.41. The van der Waals surface area contributed by atoms with E-state index in [2.05, 4.69) is 13.2 Å². The summed E-state index contributed by atoms with van der Waals surface area (Å²) in [5, 5.41) is 17.5. The maximum atomic E-state index is 10.7. The van der Waals surface area contributed by atoms with Crippen molar-refractivity contribution in [2.45, 2.75) is 6.92 Å². The third-order valence-electron chi connectivity index (χ3n) is 1.90. The minimum Gasteiger partial charge on any atom is -0.478 e. The molecule has 0 aliphatic carbocycles. The molecule has 0 bridgehead atoms. The molecule has 1 atom stereocenters. The summed E-state index contributed by atoms with van der Waals surface area (Å²) in [4.78, 5) is 21.3. The summed E-state index contributed by atoms with van der Waals surface area (Å²) in [6.45, 7) is 8.24. The molecule has 0 heterocycles. The monoisotopic (exact) mass is 222 g/mol. The molecule has 0 saturated carbocycles. The second-order valence-corrected chi connectivity index (χ2v) is 3.13. The van der Waals surface area contributed by atoms with E-state index in [1.165, 1.54) is 25.2 Å². The van der Waals surface area contributed by atoms with Gasteiger partial charge in [-0.05, 0) is 6.92 Å². The molecule has 0 aliphatic rings. The van der Waals surface area contributed by atoms with Crippen LogP contribution in [-0.2, 0) is 9.59 Å². The zero-order chi connectivity index (χ0) is 12.7. The molecule has 0 saturated heterocycles. The van der Waals surface area contributed by atoms with E-state index in [-0.39, 0.29) is 11.1 Å². The van der Waals surface area contributed by atoms with Gasteiger partial charge in [-0.3, -0.25) is 0 Å². The molecule has 0 aromatic carbocycles. The SMILES string of the molecule is C=CC=CC(C=C(C)C(=O)O)C(=C)C(=O)O. The fourth-order valence-corrected chi connectivity index (χ4v) is 0.954. The van der Waals surface area contributed by atoms with Crippen molar-refractivity contribution < 1.29 is 19.8 Å². The van der Waals surface area contributed by atoms with Gasteiger partial charge in [0.1, 0.15) is 0 Å². The number of carboxylic acid groups (broad SMARTS) is 2. The molecule has 0 aliphatic heterocycles. The van der Waals surface area contributed by atoms with E-state index >= 15 is 0 Å². The molecule has 0 radical (unpaired) electrons. The Bertz CT molecular complexity index is 374. The van der Waals surface area contributed by atoms with E-state index in [0.29, 0.717) is 0 Å². The van der Waals surface area contributed by atoms with Crippen LogP contribution in [0.3, 0.4) is 0 Å². The molecular formula is C12H14O4. The van der Waals surface area contributed by atoms with Crippen LogP contribution in [0.4, 0.5) is 0 Å². The van der Waals surface area contributed by atoms with E-state index in [4.69, 9.17) is 10.2 Å². The van der Waals surface area contributed by atoms with Crippen molar-refractivity contribution in [3.05, 3.63) is 48.6 Å². The van der Waals surface area contributed by atoms with Crippen LogP contribution in [0, 0.1) is 5.92 Å². The van der Waals surface area contributed by atoms with Gasteiger partial charge in [-0.15, -0.1) is 0 Å². The molecule has 4 nitrogen and oxygen atoms in total. The Hall–Kier alpha value is -2.10.